The number of methoxy groups -OCH3 is 1. The summed E-state index contributed by atoms with van der Waals surface area (Å²) in [6.45, 7) is 4.54. The van der Waals surface area contributed by atoms with E-state index in [-0.39, 0.29) is 11.8 Å². The maximum atomic E-state index is 13.1. The number of anilines is 2. The molecule has 3 fully saturated rings. The average Bonchev–Trinajstić information content (AvgIpc) is 3.28. The summed E-state index contributed by atoms with van der Waals surface area (Å²) in [6.07, 6.45) is 6.38. The van der Waals surface area contributed by atoms with Gasteiger partial charge in [0, 0.05) is 60.5 Å². The van der Waals surface area contributed by atoms with Crippen molar-refractivity contribution in [1.29, 1.82) is 0 Å². The van der Waals surface area contributed by atoms with Crippen molar-refractivity contribution in [3.63, 3.8) is 0 Å². The third kappa shape index (κ3) is 3.67. The highest BCUT2D eigenvalue weighted by Gasteiger charge is 2.65. The standard InChI is InChI=1S/C33H35N5O2/c1-40-25-11-13-29-27(19-25)33(32(39)34-29)20-28(33)22-8-12-26-30(18-22)35-36-31(26)21-6-9-24(10-7-21)38-16-14-37(15-17-38)23-4-2-3-5-23/h6-13,18-19,23,28H,2-5,14-17,20H2,1H3,(H,34,39)(H,35,36)/t28-,33?/m0/s1. The van der Waals surface area contributed by atoms with Crippen molar-refractivity contribution in [2.75, 3.05) is 43.5 Å². The molecule has 2 atom stereocenters. The van der Waals surface area contributed by atoms with E-state index in [4.69, 9.17) is 9.84 Å². The summed E-state index contributed by atoms with van der Waals surface area (Å²) in [5.41, 5.74) is 7.00. The van der Waals surface area contributed by atoms with Crippen LogP contribution in [-0.4, -0.2) is 60.3 Å². The van der Waals surface area contributed by atoms with Crippen LogP contribution in [0.1, 0.15) is 49.1 Å². The van der Waals surface area contributed by atoms with Crippen LogP contribution in [0, 0.1) is 0 Å². The highest BCUT2D eigenvalue weighted by Crippen LogP contribution is 2.65. The van der Waals surface area contributed by atoms with Gasteiger partial charge < -0.3 is 15.0 Å². The number of aromatic amines is 1. The lowest BCUT2D eigenvalue weighted by molar-refractivity contribution is -0.118. The number of hydrogen-bond donors (Lipinski definition) is 2. The Morgan fingerprint density at radius 3 is 2.52 bits per heavy atom. The molecular weight excluding hydrogens is 498 g/mol. The summed E-state index contributed by atoms with van der Waals surface area (Å²) in [6, 6.07) is 22.1. The van der Waals surface area contributed by atoms with Crippen LogP contribution in [0.25, 0.3) is 22.2 Å². The number of fused-ring (bicyclic) bond motifs is 3. The lowest BCUT2D eigenvalue weighted by Gasteiger charge is -2.39. The first-order valence-electron chi connectivity index (χ1n) is 14.7. The number of hydrogen-bond acceptors (Lipinski definition) is 5. The summed E-state index contributed by atoms with van der Waals surface area (Å²) in [5.74, 6) is 1.02. The number of nitrogens with zero attached hydrogens (tertiary/aromatic N) is 3. The maximum absolute atomic E-state index is 13.1. The molecule has 1 saturated heterocycles. The van der Waals surface area contributed by atoms with Gasteiger partial charge in [-0.2, -0.15) is 5.10 Å². The predicted octanol–water partition coefficient (Wildman–Crippen LogP) is 5.68. The van der Waals surface area contributed by atoms with Crippen molar-refractivity contribution in [2.45, 2.75) is 49.5 Å². The van der Waals surface area contributed by atoms with Gasteiger partial charge in [0.15, 0.2) is 0 Å². The number of piperazine rings is 1. The second kappa shape index (κ2) is 9.10. The van der Waals surface area contributed by atoms with Crippen LogP contribution in [0.2, 0.25) is 0 Å². The number of aromatic nitrogens is 2. The highest BCUT2D eigenvalue weighted by molar-refractivity contribution is 6.10. The highest BCUT2D eigenvalue weighted by atomic mass is 16.5. The fraction of sp³-hybridized carbons (Fsp3) is 0.394. The van der Waals surface area contributed by atoms with E-state index in [1.807, 2.05) is 18.2 Å². The van der Waals surface area contributed by atoms with E-state index in [0.29, 0.717) is 0 Å². The monoisotopic (exact) mass is 533 g/mol. The molecule has 4 aromatic rings. The Morgan fingerprint density at radius 1 is 0.950 bits per heavy atom. The zero-order valence-corrected chi connectivity index (χ0v) is 23.0. The van der Waals surface area contributed by atoms with E-state index in [2.05, 4.69) is 62.7 Å². The van der Waals surface area contributed by atoms with Gasteiger partial charge in [0.25, 0.3) is 0 Å². The normalized spacial score (nSPS) is 24.6. The Labute approximate surface area is 234 Å². The first-order chi connectivity index (χ1) is 19.6. The molecule has 0 radical (unpaired) electrons. The van der Waals surface area contributed by atoms with Gasteiger partial charge in [-0.25, -0.2) is 0 Å². The van der Waals surface area contributed by atoms with E-state index in [0.717, 1.165) is 64.7 Å². The van der Waals surface area contributed by atoms with Gasteiger partial charge in [0.1, 0.15) is 5.75 Å². The minimum atomic E-state index is -0.501. The molecule has 0 bridgehead atoms. The van der Waals surface area contributed by atoms with Gasteiger partial charge in [-0.15, -0.1) is 0 Å². The van der Waals surface area contributed by atoms with Crippen LogP contribution in [0.4, 0.5) is 11.4 Å². The van der Waals surface area contributed by atoms with E-state index >= 15 is 0 Å². The molecule has 1 amide bonds. The molecule has 1 unspecified atom stereocenters. The van der Waals surface area contributed by atoms with Gasteiger partial charge in [-0.3, -0.25) is 14.8 Å². The van der Waals surface area contributed by atoms with Crippen molar-refractivity contribution in [3.05, 3.63) is 71.8 Å². The molecule has 7 heteroatoms. The molecule has 40 heavy (non-hydrogen) atoms. The van der Waals surface area contributed by atoms with E-state index in [1.54, 1.807) is 7.11 Å². The Hall–Kier alpha value is -3.84. The summed E-state index contributed by atoms with van der Waals surface area (Å²) in [4.78, 5) is 18.3. The second-order valence-electron chi connectivity index (χ2n) is 12.0. The van der Waals surface area contributed by atoms with Gasteiger partial charge >= 0.3 is 0 Å². The van der Waals surface area contributed by atoms with Crippen LogP contribution >= 0.6 is 0 Å². The average molecular weight is 534 g/mol. The lowest BCUT2D eigenvalue weighted by Crippen LogP contribution is -2.49. The number of carbonyl (C=O) groups excluding carboxylic acids is 1. The molecule has 2 saturated carbocycles. The molecule has 1 spiro atoms. The Balaban J connectivity index is 1.00. The number of amides is 1. The first kappa shape index (κ1) is 24.0. The Morgan fingerprint density at radius 2 is 1.75 bits per heavy atom. The SMILES string of the molecule is COc1ccc2c(c1)C1(C[C@H]1c1ccc3c(-c4ccc(N5CCN(C6CCCC6)CC5)cc4)n[nH]c3c1)C(=O)N2. The van der Waals surface area contributed by atoms with Crippen LogP contribution < -0.4 is 15.0 Å². The Kier molecular flexibility index (Phi) is 5.46. The largest absolute Gasteiger partial charge is 0.497 e. The summed E-state index contributed by atoms with van der Waals surface area (Å²) < 4.78 is 5.45. The van der Waals surface area contributed by atoms with Crippen molar-refractivity contribution >= 4 is 28.2 Å². The third-order valence-electron chi connectivity index (χ3n) is 9.97. The maximum Gasteiger partial charge on any atom is 0.235 e. The number of benzene rings is 3. The number of H-pyrrole nitrogens is 1. The van der Waals surface area contributed by atoms with Crippen LogP contribution in [-0.2, 0) is 10.2 Å². The molecule has 3 aromatic carbocycles. The van der Waals surface area contributed by atoms with Crippen molar-refractivity contribution in [3.8, 4) is 17.0 Å². The van der Waals surface area contributed by atoms with Crippen LogP contribution in [0.3, 0.4) is 0 Å². The van der Waals surface area contributed by atoms with Gasteiger partial charge in [0.2, 0.25) is 5.91 Å². The molecular formula is C33H35N5O2. The molecule has 2 N–H and O–H groups in total. The Bertz CT molecular complexity index is 1600. The molecule has 8 rings (SSSR count). The number of rotatable bonds is 5. The fourth-order valence-corrected chi connectivity index (χ4v) is 7.62. The quantitative estimate of drug-likeness (QED) is 0.345. The molecule has 3 heterocycles. The molecule has 7 nitrogen and oxygen atoms in total. The van der Waals surface area contributed by atoms with E-state index in [9.17, 15) is 4.79 Å². The predicted molar refractivity (Wildman–Crippen MR) is 158 cm³/mol. The summed E-state index contributed by atoms with van der Waals surface area (Å²) in [5, 5.41) is 12.2. The second-order valence-corrected chi connectivity index (χ2v) is 12.0. The zero-order chi connectivity index (χ0) is 26.8. The first-order valence-corrected chi connectivity index (χ1v) is 14.7. The smallest absolute Gasteiger partial charge is 0.235 e. The number of carbonyl (C=O) groups is 1. The van der Waals surface area contributed by atoms with Crippen LogP contribution in [0.15, 0.2) is 60.7 Å². The zero-order valence-electron chi connectivity index (χ0n) is 23.0. The minimum absolute atomic E-state index is 0.0891. The lowest BCUT2D eigenvalue weighted by atomic mass is 9.91. The van der Waals surface area contributed by atoms with Crippen molar-refractivity contribution in [2.24, 2.45) is 0 Å². The topological polar surface area (TPSA) is 73.5 Å². The molecule has 1 aromatic heterocycles. The van der Waals surface area contributed by atoms with Crippen LogP contribution in [0.5, 0.6) is 5.75 Å². The molecule has 2 aliphatic carbocycles. The molecule has 2 aliphatic heterocycles. The third-order valence-corrected chi connectivity index (χ3v) is 9.97. The molecule has 4 aliphatic rings. The van der Waals surface area contributed by atoms with Crippen molar-refractivity contribution in [1.82, 2.24) is 15.1 Å². The van der Waals surface area contributed by atoms with E-state index < -0.39 is 5.41 Å². The van der Waals surface area contributed by atoms with Crippen molar-refractivity contribution < 1.29 is 9.53 Å². The summed E-state index contributed by atoms with van der Waals surface area (Å²) >= 11 is 0. The molecule has 204 valence electrons. The summed E-state index contributed by atoms with van der Waals surface area (Å²) in [7, 11) is 1.66. The number of ether oxygens (including phenoxy) is 1. The minimum Gasteiger partial charge on any atom is -0.497 e. The fourth-order valence-electron chi connectivity index (χ4n) is 7.62. The van der Waals surface area contributed by atoms with Gasteiger partial charge in [-0.05, 0) is 66.8 Å². The van der Waals surface area contributed by atoms with Gasteiger partial charge in [-0.1, -0.05) is 37.1 Å². The van der Waals surface area contributed by atoms with E-state index in [1.165, 1.54) is 50.0 Å². The number of nitrogens with one attached hydrogen (secondary N) is 2. The van der Waals surface area contributed by atoms with Gasteiger partial charge in [0.05, 0.1) is 23.7 Å².